The van der Waals surface area contributed by atoms with Gasteiger partial charge in [-0.2, -0.15) is 0 Å². The first-order valence-corrected chi connectivity index (χ1v) is 11.2. The van der Waals surface area contributed by atoms with Gasteiger partial charge >= 0.3 is 5.69 Å². The van der Waals surface area contributed by atoms with Crippen molar-refractivity contribution in [2.24, 2.45) is 14.1 Å². The number of hydrogen-bond acceptors (Lipinski definition) is 4. The third-order valence-electron chi connectivity index (χ3n) is 6.76. The van der Waals surface area contributed by atoms with Crippen LogP contribution in [0.3, 0.4) is 0 Å². The zero-order valence-corrected chi connectivity index (χ0v) is 18.5. The van der Waals surface area contributed by atoms with Crippen LogP contribution in [-0.2, 0) is 27.2 Å². The number of imidazole rings is 2. The number of aromatic nitrogens is 4. The molecule has 1 aromatic carbocycles. The van der Waals surface area contributed by atoms with Crippen molar-refractivity contribution in [1.82, 2.24) is 29.2 Å². The minimum Gasteiger partial charge on any atom is -0.310 e. The van der Waals surface area contributed by atoms with E-state index in [9.17, 15) is 9.18 Å². The highest BCUT2D eigenvalue weighted by Crippen LogP contribution is 2.23. The highest BCUT2D eigenvalue weighted by atomic mass is 19.1. The van der Waals surface area contributed by atoms with E-state index in [0.29, 0.717) is 19.5 Å². The van der Waals surface area contributed by atoms with Crippen molar-refractivity contribution in [3.05, 3.63) is 70.5 Å². The highest BCUT2D eigenvalue weighted by molar-refractivity contribution is 5.76. The minimum atomic E-state index is -0.895. The minimum absolute atomic E-state index is 0.0382. The molecule has 1 saturated carbocycles. The third kappa shape index (κ3) is 3.84. The molecule has 0 radical (unpaired) electrons. The van der Waals surface area contributed by atoms with E-state index >= 15 is 0 Å². The fourth-order valence-electron chi connectivity index (χ4n) is 4.84. The Balaban J connectivity index is 1.16. The maximum absolute atomic E-state index is 14.9. The molecular weight excluding hydrogens is 407 g/mol. The Hall–Kier alpha value is -2.97. The molecule has 2 N–H and O–H groups in total. The van der Waals surface area contributed by atoms with Crippen molar-refractivity contribution in [1.29, 1.82) is 0 Å². The van der Waals surface area contributed by atoms with E-state index in [2.05, 4.69) is 21.7 Å². The Kier molecular flexibility index (Phi) is 5.57. The maximum atomic E-state index is 14.9. The number of benzene rings is 1. The quantitative estimate of drug-likeness (QED) is 0.488. The second-order valence-corrected chi connectivity index (χ2v) is 8.81. The van der Waals surface area contributed by atoms with Gasteiger partial charge < -0.3 is 15.0 Å². The van der Waals surface area contributed by atoms with Gasteiger partial charge in [0.05, 0.1) is 11.0 Å². The summed E-state index contributed by atoms with van der Waals surface area (Å²) in [6, 6.07) is 10.1. The van der Waals surface area contributed by atoms with Crippen LogP contribution in [0.1, 0.15) is 30.4 Å². The zero-order valence-electron chi connectivity index (χ0n) is 18.5. The van der Waals surface area contributed by atoms with E-state index in [1.54, 1.807) is 29.4 Å². The first kappa shape index (κ1) is 20.9. The molecule has 5 rings (SSSR count). The Morgan fingerprint density at radius 1 is 1.06 bits per heavy atom. The van der Waals surface area contributed by atoms with Gasteiger partial charge in [-0.25, -0.2) is 14.2 Å². The van der Waals surface area contributed by atoms with Gasteiger partial charge in [0.25, 0.3) is 0 Å². The van der Waals surface area contributed by atoms with E-state index in [-0.39, 0.29) is 17.8 Å². The molecule has 0 aliphatic heterocycles. The summed E-state index contributed by atoms with van der Waals surface area (Å²) in [5, 5.41) is 6.92. The average molecular weight is 437 g/mol. The molecule has 1 aliphatic rings. The van der Waals surface area contributed by atoms with Gasteiger partial charge in [0.1, 0.15) is 11.8 Å². The van der Waals surface area contributed by atoms with Crippen molar-refractivity contribution in [3.63, 3.8) is 0 Å². The largest absolute Gasteiger partial charge is 0.328 e. The Morgan fingerprint density at radius 2 is 1.91 bits per heavy atom. The van der Waals surface area contributed by atoms with Gasteiger partial charge in [-0.05, 0) is 43.0 Å². The SMILES string of the molecule is Cn1c(=O)n(C)c2cc(CN[C@@H]3CC[C@@H](NCc4cccn5ccnc45)C[C@@H]3F)ccc21. The lowest BCUT2D eigenvalue weighted by molar-refractivity contribution is 0.160. The molecule has 0 amide bonds. The summed E-state index contributed by atoms with van der Waals surface area (Å²) in [7, 11) is 3.55. The van der Waals surface area contributed by atoms with Crippen LogP contribution in [0, 0.1) is 0 Å². The van der Waals surface area contributed by atoms with Crippen LogP contribution >= 0.6 is 0 Å². The van der Waals surface area contributed by atoms with E-state index in [4.69, 9.17) is 0 Å². The van der Waals surface area contributed by atoms with Crippen molar-refractivity contribution in [3.8, 4) is 0 Å². The summed E-state index contributed by atoms with van der Waals surface area (Å²) in [5.74, 6) is 0. The number of pyridine rings is 1. The fraction of sp³-hybridized carbons (Fsp3) is 0.417. The van der Waals surface area contributed by atoms with Crippen LogP contribution in [0.2, 0.25) is 0 Å². The van der Waals surface area contributed by atoms with Crippen LogP contribution in [0.25, 0.3) is 16.7 Å². The number of aryl methyl sites for hydroxylation is 2. The van der Waals surface area contributed by atoms with E-state index in [0.717, 1.165) is 40.6 Å². The van der Waals surface area contributed by atoms with Gasteiger partial charge in [0.15, 0.2) is 0 Å². The Bertz CT molecular complexity index is 1310. The zero-order chi connectivity index (χ0) is 22.2. The summed E-state index contributed by atoms with van der Waals surface area (Å²) in [6.45, 7) is 1.27. The highest BCUT2D eigenvalue weighted by Gasteiger charge is 2.30. The predicted molar refractivity (Wildman–Crippen MR) is 123 cm³/mol. The predicted octanol–water partition coefficient (Wildman–Crippen LogP) is 2.66. The molecule has 0 spiro atoms. The molecule has 0 saturated heterocycles. The number of halogens is 1. The number of nitrogens with one attached hydrogen (secondary N) is 2. The second kappa shape index (κ2) is 8.52. The Labute approximate surface area is 185 Å². The molecule has 4 aromatic rings. The number of rotatable bonds is 6. The molecule has 0 unspecified atom stereocenters. The first-order chi connectivity index (χ1) is 15.5. The smallest absolute Gasteiger partial charge is 0.310 e. The normalized spacial score (nSPS) is 21.5. The average Bonchev–Trinajstić information content (AvgIpc) is 3.37. The van der Waals surface area contributed by atoms with Crippen LogP contribution in [0.15, 0.2) is 53.7 Å². The van der Waals surface area contributed by atoms with Crippen molar-refractivity contribution < 1.29 is 4.39 Å². The summed E-state index contributed by atoms with van der Waals surface area (Å²) in [5.41, 5.74) is 4.89. The van der Waals surface area contributed by atoms with Crippen molar-refractivity contribution >= 4 is 16.7 Å². The standard InChI is InChI=1S/C24H29FN6O/c1-29-21-8-5-16(12-22(21)30(2)24(29)32)14-28-20-7-6-18(13-19(20)25)27-15-17-4-3-10-31-11-9-26-23(17)31/h3-5,8-12,18-20,27-28H,6-7,13-15H2,1-2H3/t18-,19+,20-/m1/s1. The summed E-state index contributed by atoms with van der Waals surface area (Å²) in [6.07, 6.45) is 7.04. The lowest BCUT2D eigenvalue weighted by atomic mass is 9.89. The summed E-state index contributed by atoms with van der Waals surface area (Å²) in [4.78, 5) is 16.5. The molecule has 3 atom stereocenters. The van der Waals surface area contributed by atoms with E-state index in [1.807, 2.05) is 41.1 Å². The van der Waals surface area contributed by atoms with Crippen molar-refractivity contribution in [2.75, 3.05) is 0 Å². The molecule has 0 bridgehead atoms. The lowest BCUT2D eigenvalue weighted by Crippen LogP contribution is -2.46. The van der Waals surface area contributed by atoms with Gasteiger partial charge in [-0.3, -0.25) is 9.13 Å². The molecule has 32 heavy (non-hydrogen) atoms. The van der Waals surface area contributed by atoms with Gasteiger partial charge in [0, 0.05) is 63.4 Å². The maximum Gasteiger partial charge on any atom is 0.328 e. The third-order valence-corrected chi connectivity index (χ3v) is 6.76. The molecule has 168 valence electrons. The first-order valence-electron chi connectivity index (χ1n) is 11.2. The summed E-state index contributed by atoms with van der Waals surface area (Å²) >= 11 is 0. The van der Waals surface area contributed by atoms with Crippen molar-refractivity contribution in [2.45, 2.75) is 50.6 Å². The van der Waals surface area contributed by atoms with E-state index < -0.39 is 6.17 Å². The number of nitrogens with zero attached hydrogens (tertiary/aromatic N) is 4. The molecule has 1 aliphatic carbocycles. The monoisotopic (exact) mass is 436 g/mol. The molecular formula is C24H29FN6O. The van der Waals surface area contributed by atoms with Crippen LogP contribution in [-0.4, -0.2) is 36.8 Å². The van der Waals surface area contributed by atoms with Crippen LogP contribution in [0.5, 0.6) is 0 Å². The molecule has 3 heterocycles. The Morgan fingerprint density at radius 3 is 2.75 bits per heavy atom. The molecule has 8 heteroatoms. The molecule has 3 aromatic heterocycles. The second-order valence-electron chi connectivity index (χ2n) is 8.81. The van der Waals surface area contributed by atoms with Crippen LogP contribution < -0.4 is 16.3 Å². The topological polar surface area (TPSA) is 68.3 Å². The van der Waals surface area contributed by atoms with Gasteiger partial charge in [0.2, 0.25) is 0 Å². The molecule has 1 fully saturated rings. The van der Waals surface area contributed by atoms with E-state index in [1.165, 1.54) is 0 Å². The van der Waals surface area contributed by atoms with Gasteiger partial charge in [-0.15, -0.1) is 0 Å². The fourth-order valence-corrected chi connectivity index (χ4v) is 4.84. The number of alkyl halides is 1. The van der Waals surface area contributed by atoms with Gasteiger partial charge in [-0.1, -0.05) is 12.1 Å². The number of fused-ring (bicyclic) bond motifs is 2. The number of hydrogen-bond donors (Lipinski definition) is 2. The lowest BCUT2D eigenvalue weighted by Gasteiger charge is -2.33. The van der Waals surface area contributed by atoms with Crippen LogP contribution in [0.4, 0.5) is 4.39 Å². The molecule has 7 nitrogen and oxygen atoms in total. The summed E-state index contributed by atoms with van der Waals surface area (Å²) < 4.78 is 20.2.